The van der Waals surface area contributed by atoms with Gasteiger partial charge in [-0.15, -0.1) is 0 Å². The van der Waals surface area contributed by atoms with E-state index >= 15 is 0 Å². The van der Waals surface area contributed by atoms with Crippen molar-refractivity contribution in [3.63, 3.8) is 0 Å². The zero-order valence-corrected chi connectivity index (χ0v) is 19.2. The van der Waals surface area contributed by atoms with Crippen LogP contribution < -0.4 is 15.4 Å². The molecule has 10 heteroatoms. The molecule has 2 fully saturated rings. The molecule has 10 nitrogen and oxygen atoms in total. The molecule has 0 aliphatic carbocycles. The third-order valence-corrected chi connectivity index (χ3v) is 5.92. The van der Waals surface area contributed by atoms with E-state index in [0.717, 1.165) is 5.75 Å². The van der Waals surface area contributed by atoms with Crippen molar-refractivity contribution in [3.8, 4) is 11.5 Å². The van der Waals surface area contributed by atoms with Crippen LogP contribution in [0.1, 0.15) is 21.8 Å². The van der Waals surface area contributed by atoms with Crippen molar-refractivity contribution in [2.45, 2.75) is 38.2 Å². The zero-order valence-electron chi connectivity index (χ0n) is 19.2. The lowest BCUT2D eigenvalue weighted by molar-refractivity contribution is 0.00861. The largest absolute Gasteiger partial charge is 0.457 e. The van der Waals surface area contributed by atoms with Crippen LogP contribution in [0.15, 0.2) is 59.1 Å². The summed E-state index contributed by atoms with van der Waals surface area (Å²) < 4.78 is 28.0. The van der Waals surface area contributed by atoms with E-state index in [1.165, 1.54) is 0 Å². The van der Waals surface area contributed by atoms with Crippen molar-refractivity contribution >= 4 is 17.7 Å². The maximum atomic E-state index is 12.7. The molecular weight excluding hydrogens is 454 g/mol. The Hall–Kier alpha value is -3.89. The van der Waals surface area contributed by atoms with Crippen LogP contribution in [-0.2, 0) is 14.2 Å². The van der Waals surface area contributed by atoms with Gasteiger partial charge in [0.1, 0.15) is 35.0 Å². The molecule has 2 aliphatic rings. The SMILES string of the molecule is Cc1noc(C)c1C(=O)NC1COC2C(OC(=O)Nc3ccc(Oc4ccccc4)cc3)COC12. The second-order valence-corrected chi connectivity index (χ2v) is 8.38. The summed E-state index contributed by atoms with van der Waals surface area (Å²) in [7, 11) is 0. The minimum Gasteiger partial charge on any atom is -0.457 e. The first-order chi connectivity index (χ1) is 17.0. The van der Waals surface area contributed by atoms with Crippen molar-refractivity contribution in [2.24, 2.45) is 0 Å². The van der Waals surface area contributed by atoms with E-state index in [2.05, 4.69) is 15.8 Å². The van der Waals surface area contributed by atoms with Gasteiger partial charge in [-0.3, -0.25) is 10.1 Å². The first-order valence-electron chi connectivity index (χ1n) is 11.3. The maximum absolute atomic E-state index is 12.7. The summed E-state index contributed by atoms with van der Waals surface area (Å²) in [5.74, 6) is 1.51. The fourth-order valence-corrected chi connectivity index (χ4v) is 4.25. The molecule has 2 N–H and O–H groups in total. The van der Waals surface area contributed by atoms with Crippen molar-refractivity contribution in [1.29, 1.82) is 0 Å². The van der Waals surface area contributed by atoms with Crippen LogP contribution >= 0.6 is 0 Å². The molecule has 5 rings (SSSR count). The van der Waals surface area contributed by atoms with Crippen molar-refractivity contribution in [1.82, 2.24) is 10.5 Å². The summed E-state index contributed by atoms with van der Waals surface area (Å²) in [6.45, 7) is 3.80. The summed E-state index contributed by atoms with van der Waals surface area (Å²) in [6, 6.07) is 16.0. The number of nitrogens with zero attached hydrogens (tertiary/aromatic N) is 1. The average Bonchev–Trinajstić information content (AvgIpc) is 3.53. The monoisotopic (exact) mass is 479 g/mol. The van der Waals surface area contributed by atoms with E-state index in [1.54, 1.807) is 38.1 Å². The molecule has 0 radical (unpaired) electrons. The minimum atomic E-state index is -0.622. The molecule has 182 valence electrons. The first kappa shape index (κ1) is 22.9. The Morgan fingerprint density at radius 2 is 1.66 bits per heavy atom. The third kappa shape index (κ3) is 4.98. The zero-order chi connectivity index (χ0) is 24.4. The lowest BCUT2D eigenvalue weighted by atomic mass is 10.1. The van der Waals surface area contributed by atoms with Gasteiger partial charge in [-0.05, 0) is 50.2 Å². The highest BCUT2D eigenvalue weighted by molar-refractivity contribution is 5.96. The van der Waals surface area contributed by atoms with Crippen LogP contribution in [0.5, 0.6) is 11.5 Å². The Morgan fingerprint density at radius 3 is 2.37 bits per heavy atom. The predicted octanol–water partition coefficient (Wildman–Crippen LogP) is 3.60. The van der Waals surface area contributed by atoms with Gasteiger partial charge in [-0.2, -0.15) is 0 Å². The van der Waals surface area contributed by atoms with Crippen LogP contribution in [0, 0.1) is 13.8 Å². The lowest BCUT2D eigenvalue weighted by Crippen LogP contribution is -2.44. The highest BCUT2D eigenvalue weighted by atomic mass is 16.6. The maximum Gasteiger partial charge on any atom is 0.412 e. The number of carbonyl (C=O) groups excluding carboxylic acids is 2. The quantitative estimate of drug-likeness (QED) is 0.550. The van der Waals surface area contributed by atoms with Crippen molar-refractivity contribution in [3.05, 3.63) is 71.6 Å². The van der Waals surface area contributed by atoms with Crippen molar-refractivity contribution < 1.29 is 33.1 Å². The second kappa shape index (κ2) is 9.77. The lowest BCUT2D eigenvalue weighted by Gasteiger charge is -2.18. The van der Waals surface area contributed by atoms with Crippen LogP contribution in [-0.4, -0.2) is 54.7 Å². The number of benzene rings is 2. The number of aryl methyl sites for hydroxylation is 2. The van der Waals surface area contributed by atoms with Crippen LogP contribution in [0.3, 0.4) is 0 Å². The molecule has 0 saturated carbocycles. The van der Waals surface area contributed by atoms with E-state index in [0.29, 0.717) is 28.5 Å². The van der Waals surface area contributed by atoms with Gasteiger partial charge in [0.05, 0.1) is 24.9 Å². The molecule has 4 unspecified atom stereocenters. The number of nitrogens with one attached hydrogen (secondary N) is 2. The molecule has 2 saturated heterocycles. The highest BCUT2D eigenvalue weighted by Gasteiger charge is 2.50. The number of hydrogen-bond donors (Lipinski definition) is 2. The predicted molar refractivity (Wildman–Crippen MR) is 124 cm³/mol. The number of hydrogen-bond acceptors (Lipinski definition) is 8. The van der Waals surface area contributed by atoms with E-state index in [1.807, 2.05) is 30.3 Å². The minimum absolute atomic E-state index is 0.171. The Labute approximate surface area is 201 Å². The molecule has 3 heterocycles. The van der Waals surface area contributed by atoms with Gasteiger partial charge in [0.2, 0.25) is 0 Å². The van der Waals surface area contributed by atoms with Crippen molar-refractivity contribution in [2.75, 3.05) is 18.5 Å². The molecule has 0 bridgehead atoms. The Balaban J connectivity index is 1.13. The topological polar surface area (TPSA) is 121 Å². The fraction of sp³-hybridized carbons (Fsp3) is 0.320. The van der Waals surface area contributed by atoms with Gasteiger partial charge in [-0.25, -0.2) is 4.79 Å². The number of aromatic nitrogens is 1. The Morgan fingerprint density at radius 1 is 0.943 bits per heavy atom. The van der Waals surface area contributed by atoms with Crippen LogP contribution in [0.4, 0.5) is 10.5 Å². The van der Waals surface area contributed by atoms with Gasteiger partial charge in [0, 0.05) is 5.69 Å². The molecule has 0 spiro atoms. The molecule has 2 amide bonds. The number of anilines is 1. The standard InChI is InChI=1S/C25H25N3O7/c1-14-21(15(2)35-28-14)24(29)27-19-12-31-23-20(13-32-22(19)23)34-25(30)26-16-8-10-18(11-9-16)33-17-6-4-3-5-7-17/h3-11,19-20,22-23H,12-13H2,1-2H3,(H,26,30)(H,27,29). The van der Waals surface area contributed by atoms with Crippen LogP contribution in [0.2, 0.25) is 0 Å². The normalized spacial score (nSPS) is 22.9. The van der Waals surface area contributed by atoms with E-state index < -0.39 is 24.4 Å². The van der Waals surface area contributed by atoms with Crippen LogP contribution in [0.25, 0.3) is 0 Å². The Bertz CT molecular complexity index is 1180. The smallest absolute Gasteiger partial charge is 0.412 e. The van der Waals surface area contributed by atoms with Gasteiger partial charge >= 0.3 is 6.09 Å². The fourth-order valence-electron chi connectivity index (χ4n) is 4.25. The number of ether oxygens (including phenoxy) is 4. The second-order valence-electron chi connectivity index (χ2n) is 8.38. The number of fused-ring (bicyclic) bond motifs is 1. The third-order valence-electron chi connectivity index (χ3n) is 5.92. The molecule has 35 heavy (non-hydrogen) atoms. The molecule has 4 atom stereocenters. The Kier molecular flexibility index (Phi) is 6.39. The number of carbonyl (C=O) groups is 2. The summed E-state index contributed by atoms with van der Waals surface area (Å²) in [4.78, 5) is 25.1. The average molecular weight is 479 g/mol. The summed E-state index contributed by atoms with van der Waals surface area (Å²) >= 11 is 0. The summed E-state index contributed by atoms with van der Waals surface area (Å²) in [5.41, 5.74) is 1.47. The first-order valence-corrected chi connectivity index (χ1v) is 11.3. The summed E-state index contributed by atoms with van der Waals surface area (Å²) in [5, 5.41) is 9.42. The van der Waals surface area contributed by atoms with E-state index in [4.69, 9.17) is 23.5 Å². The number of para-hydroxylation sites is 1. The van der Waals surface area contributed by atoms with Gasteiger partial charge < -0.3 is 28.8 Å². The van der Waals surface area contributed by atoms with Gasteiger partial charge in [0.15, 0.2) is 6.10 Å². The number of rotatable bonds is 6. The molecular formula is C25H25N3O7. The highest BCUT2D eigenvalue weighted by Crippen LogP contribution is 2.30. The van der Waals surface area contributed by atoms with Gasteiger partial charge in [-0.1, -0.05) is 23.4 Å². The van der Waals surface area contributed by atoms with E-state index in [-0.39, 0.29) is 25.2 Å². The molecule has 2 aliphatic heterocycles. The molecule has 1 aromatic heterocycles. The van der Waals surface area contributed by atoms with E-state index in [9.17, 15) is 9.59 Å². The summed E-state index contributed by atoms with van der Waals surface area (Å²) in [6.07, 6.45) is -2.12. The molecule has 3 aromatic rings. The number of amides is 2. The molecule has 2 aromatic carbocycles. The van der Waals surface area contributed by atoms with Gasteiger partial charge in [0.25, 0.3) is 5.91 Å².